The zero-order chi connectivity index (χ0) is 92.7. The van der Waals surface area contributed by atoms with Crippen LogP contribution in [0.3, 0.4) is 0 Å². The Labute approximate surface area is 725 Å². The number of carboxylic acids is 1. The fraction of sp³-hybridized carbons (Fsp3) is 0.523. The van der Waals surface area contributed by atoms with Gasteiger partial charge in [0.15, 0.2) is 0 Å². The van der Waals surface area contributed by atoms with Crippen molar-refractivity contribution in [3.8, 4) is 16.9 Å². The number of aliphatic hydroxyl groups excluding tert-OH is 1. The summed E-state index contributed by atoms with van der Waals surface area (Å²) in [5.74, 6) is -22.2. The number of likely N-dealkylation sites (N-methyl/N-ethyl adjacent to an activating group) is 1. The minimum Gasteiger partial charge on any atom is -0.508 e. The molecule has 678 valence electrons. The van der Waals surface area contributed by atoms with Gasteiger partial charge in [0.05, 0.1) is 24.7 Å². The van der Waals surface area contributed by atoms with E-state index in [0.29, 0.717) is 28.5 Å². The van der Waals surface area contributed by atoms with Gasteiger partial charge in [0, 0.05) is 32.1 Å². The van der Waals surface area contributed by atoms with Crippen molar-refractivity contribution in [2.24, 2.45) is 46.8 Å². The average molecular weight is 1750 g/mol. The second-order valence-corrected chi connectivity index (χ2v) is 34.0. The van der Waals surface area contributed by atoms with Crippen LogP contribution >= 0.6 is 11.8 Å². The monoisotopic (exact) mass is 1750 g/mol. The summed E-state index contributed by atoms with van der Waals surface area (Å²) in [5.41, 5.74) is 20.9. The number of aliphatic carboxylic acids is 1. The maximum Gasteiger partial charge on any atom is 0.305 e. The lowest BCUT2D eigenvalue weighted by atomic mass is 9.97. The summed E-state index contributed by atoms with van der Waals surface area (Å²) in [6, 6.07) is 5.84. The van der Waals surface area contributed by atoms with Gasteiger partial charge in [-0.2, -0.15) is 0 Å². The number of aromatic hydroxyl groups is 1. The Hall–Kier alpha value is -12.1. The summed E-state index contributed by atoms with van der Waals surface area (Å²) >= 11 is 0.658. The molecule has 0 radical (unpaired) electrons. The first-order valence-electron chi connectivity index (χ1n) is 41.2. The molecule has 0 aromatic heterocycles. The van der Waals surface area contributed by atoms with E-state index in [-0.39, 0.29) is 61.8 Å². The van der Waals surface area contributed by atoms with Gasteiger partial charge in [0.25, 0.3) is 0 Å². The first-order valence-corrected chi connectivity index (χ1v) is 42.4. The molecule has 1 aliphatic heterocycles. The van der Waals surface area contributed by atoms with Crippen molar-refractivity contribution in [3.05, 3.63) is 125 Å². The van der Waals surface area contributed by atoms with Crippen LogP contribution in [0.25, 0.3) is 11.1 Å². The molecule has 38 heteroatoms. The fourth-order valence-corrected chi connectivity index (χ4v) is 14.2. The molecule has 1 aliphatic rings. The van der Waals surface area contributed by atoms with Crippen molar-refractivity contribution in [2.75, 3.05) is 25.1 Å². The van der Waals surface area contributed by atoms with E-state index in [1.54, 1.807) is 125 Å². The number of phenols is 1. The summed E-state index contributed by atoms with van der Waals surface area (Å²) < 4.78 is 0. The second kappa shape index (κ2) is 49.3. The lowest BCUT2D eigenvalue weighted by Crippen LogP contribution is -2.62. The summed E-state index contributed by atoms with van der Waals surface area (Å²) in [4.78, 5) is 244. The number of phenolic OH excluding ortho intramolecular Hbond substituents is 1. The Balaban J connectivity index is 1.64. The number of carboxylic acid groups (broad SMARTS) is 1. The number of hydrogen-bond acceptors (Lipinski definition) is 21. The number of rotatable bonds is 22. The van der Waals surface area contributed by atoms with Crippen LogP contribution in [0.15, 0.2) is 103 Å². The number of primary amides is 2. The molecule has 0 bridgehead atoms. The number of nitrogens with one attached hydrogen (secondary N) is 13. The van der Waals surface area contributed by atoms with Gasteiger partial charge in [0.1, 0.15) is 90.3 Å². The quantitative estimate of drug-likeness (QED) is 0.0445. The summed E-state index contributed by atoms with van der Waals surface area (Å²) in [6.45, 7) is 20.6. The Bertz CT molecular complexity index is 4400. The van der Waals surface area contributed by atoms with Gasteiger partial charge in [-0.3, -0.25) is 81.5 Å². The summed E-state index contributed by atoms with van der Waals surface area (Å²) in [7, 11) is 1.30. The Morgan fingerprint density at radius 3 is 1.31 bits per heavy atom. The molecule has 0 aliphatic carbocycles. The van der Waals surface area contributed by atoms with Crippen LogP contribution in [0.2, 0.25) is 0 Å². The average Bonchev–Trinajstić information content (AvgIpc) is 0.807. The van der Waals surface area contributed by atoms with Crippen molar-refractivity contribution in [1.82, 2.24) is 74.0 Å². The number of hydrogen-bond donors (Lipinski definition) is 19. The van der Waals surface area contributed by atoms with Crippen molar-refractivity contribution in [1.29, 1.82) is 0 Å². The van der Waals surface area contributed by atoms with E-state index in [1.807, 2.05) is 30.3 Å². The van der Waals surface area contributed by atoms with Gasteiger partial charge in [-0.15, -0.1) is 11.8 Å². The minimum absolute atomic E-state index is 0.0102. The first-order chi connectivity index (χ1) is 58.3. The molecule has 0 saturated carbocycles. The van der Waals surface area contributed by atoms with Gasteiger partial charge in [-0.25, -0.2) is 0 Å². The molecule has 37 nitrogen and oxygen atoms in total. The van der Waals surface area contributed by atoms with Crippen LogP contribution in [-0.4, -0.2) is 236 Å². The number of carbonyl (C=O) groups is 17. The third-order valence-corrected chi connectivity index (χ3v) is 21.4. The van der Waals surface area contributed by atoms with Crippen LogP contribution in [0.4, 0.5) is 0 Å². The molecule has 16 amide bonds. The highest BCUT2D eigenvalue weighted by Crippen LogP contribution is 2.23. The van der Waals surface area contributed by atoms with Crippen LogP contribution in [0.5, 0.6) is 5.75 Å². The maximum atomic E-state index is 15.2. The number of benzene rings is 4. The standard InChI is InChI=1S/C86H123N17O20S/c1-43(2)33-58-76(113)91-57(31-32-87)75(112)93-59(34-44(3)4)80(117)100-70(46(7)8)84(121)102-72(50(13)104)85(122)98-65(73(89)110)41-124-42-67(107)90-63(39-66(88)106)78(115)94-60(37-52-25-29-56(105)30-26-52)77(114)96-64(40-68(108)109)79(116)95-62(38-53-20-18-19-48(11)35-53)81(118)99-69(45(5)6)83(120)97-61(36-51-23-27-55(28-24-51)54-21-16-15-17-22-54)82(119)101-71(47(9)10)86(123)103(14)49(12)74(111)92-58/h15-30,35,43-47,49-50,57-65,69-72,104-105H,31-34,36-42,87H2,1-14H3,(H2,88,106)(H2,89,110)(H,90,107)(H,91,113)(H,92,111)(H,93,112)(H,94,115)(H,95,116)(H,96,114)(H,97,120)(H,98,122)(H,99,118)(H,100,117)(H,101,119)(H,102,121)(H,108,109)/t49-,50+,57-,58+,59-,60-,61-,62-,63-,64-,65-,69-,70-,71-,72-/m0/s1. The molecule has 5 rings (SSSR count). The maximum absolute atomic E-state index is 15.2. The Morgan fingerprint density at radius 2 is 0.839 bits per heavy atom. The molecule has 4 aromatic carbocycles. The van der Waals surface area contributed by atoms with Crippen LogP contribution < -0.4 is 86.3 Å². The normalized spacial score (nSPS) is 24.5. The molecule has 4 aromatic rings. The van der Waals surface area contributed by atoms with Crippen LogP contribution in [0.1, 0.15) is 137 Å². The van der Waals surface area contributed by atoms with Gasteiger partial charge in [0.2, 0.25) is 94.5 Å². The van der Waals surface area contributed by atoms with Crippen molar-refractivity contribution < 1.29 is 96.8 Å². The topological polar surface area (TPSA) is 589 Å². The van der Waals surface area contributed by atoms with E-state index < -0.39 is 240 Å². The molecular weight excluding hydrogens is 1620 g/mol. The zero-order valence-corrected chi connectivity index (χ0v) is 73.3. The fourth-order valence-electron chi connectivity index (χ4n) is 13.4. The van der Waals surface area contributed by atoms with E-state index in [4.69, 9.17) is 17.2 Å². The van der Waals surface area contributed by atoms with Crippen LogP contribution in [-0.2, 0) is 101 Å². The molecule has 22 N–H and O–H groups in total. The van der Waals surface area contributed by atoms with Gasteiger partial charge >= 0.3 is 5.97 Å². The van der Waals surface area contributed by atoms with E-state index in [9.17, 15) is 82.4 Å². The minimum atomic E-state index is -2.07. The summed E-state index contributed by atoms with van der Waals surface area (Å²) in [6.07, 6.45) is -5.04. The first kappa shape index (κ1) is 102. The second-order valence-electron chi connectivity index (χ2n) is 33.0. The van der Waals surface area contributed by atoms with E-state index in [0.717, 1.165) is 23.0 Å². The molecular formula is C86H123N17O20S. The number of nitrogens with two attached hydrogens (primary N) is 3. The third kappa shape index (κ3) is 33.0. The highest BCUT2D eigenvalue weighted by Gasteiger charge is 2.41. The van der Waals surface area contributed by atoms with Crippen molar-refractivity contribution in [3.63, 3.8) is 0 Å². The molecule has 0 unspecified atom stereocenters. The molecule has 1 heterocycles. The highest BCUT2D eigenvalue weighted by molar-refractivity contribution is 8.00. The lowest BCUT2D eigenvalue weighted by molar-refractivity contribution is -0.143. The van der Waals surface area contributed by atoms with E-state index in [1.165, 1.54) is 38.2 Å². The zero-order valence-electron chi connectivity index (χ0n) is 72.5. The largest absolute Gasteiger partial charge is 0.508 e. The summed E-state index contributed by atoms with van der Waals surface area (Å²) in [5, 5.41) is 64.7. The molecule has 1 fully saturated rings. The number of thioether (sulfide) groups is 1. The number of carbonyl (C=O) groups excluding carboxylic acids is 16. The smallest absolute Gasteiger partial charge is 0.305 e. The number of nitrogens with zero attached hydrogens (tertiary/aromatic N) is 1. The SMILES string of the molecule is Cc1cccc(C[C@@H]2NC(=O)[C@H](CC(=O)O)NC(=O)[C@H](Cc3ccc(O)cc3)NC(=O)[C@H](CC(N)=O)NC(=O)CSC[C@@H](C(N)=O)NC(=O)[C@H]([C@@H](C)O)NC(=O)[C@H](C(C)C)NC(=O)[C@H](CC(C)C)NC(=O)[C@H](CCN)NC(=O)[C@@H](CC(C)C)NC(=O)[C@H](C)N(C)C(=O)[C@H](C(C)C)NC(=O)[C@H](Cc3ccc(-c4ccccc4)cc3)NC(=O)[C@H](C(C)C)NC2=O)c1. The highest BCUT2D eigenvalue weighted by atomic mass is 32.2. The third-order valence-electron chi connectivity index (χ3n) is 20.4. The Morgan fingerprint density at radius 1 is 0.444 bits per heavy atom. The molecule has 15 atom stereocenters. The number of aryl methyl sites for hydroxylation is 1. The van der Waals surface area contributed by atoms with Crippen molar-refractivity contribution >= 4 is 112 Å². The number of aliphatic hydroxyl groups is 1. The van der Waals surface area contributed by atoms with Gasteiger partial charge in [-0.05, 0) is 116 Å². The predicted molar refractivity (Wildman–Crippen MR) is 461 cm³/mol. The van der Waals surface area contributed by atoms with Crippen molar-refractivity contribution in [2.45, 2.75) is 232 Å². The lowest BCUT2D eigenvalue weighted by Gasteiger charge is -2.33. The van der Waals surface area contributed by atoms with Gasteiger partial charge in [-0.1, -0.05) is 166 Å². The molecule has 0 spiro atoms. The van der Waals surface area contributed by atoms with E-state index >= 15 is 14.4 Å². The Kier molecular flexibility index (Phi) is 40.7. The van der Waals surface area contributed by atoms with E-state index in [2.05, 4.69) is 69.1 Å². The predicted octanol–water partition coefficient (Wildman–Crippen LogP) is -1.08. The van der Waals surface area contributed by atoms with Crippen LogP contribution in [0, 0.1) is 36.5 Å². The van der Waals surface area contributed by atoms with Gasteiger partial charge < -0.3 is 107 Å². The number of amides is 16. The molecule has 1 saturated heterocycles. The molecule has 124 heavy (non-hydrogen) atoms.